The van der Waals surface area contributed by atoms with E-state index in [2.05, 4.69) is 20.9 Å². The van der Waals surface area contributed by atoms with Crippen LogP contribution in [0.3, 0.4) is 0 Å². The molecule has 0 heterocycles. The molecule has 0 aliphatic rings. The summed E-state index contributed by atoms with van der Waals surface area (Å²) in [6.45, 7) is 2.87. The third-order valence-corrected chi connectivity index (χ3v) is 3.42. The van der Waals surface area contributed by atoms with Crippen molar-refractivity contribution in [3.05, 3.63) is 0 Å². The number of nitrogens with zero attached hydrogens (tertiary/aromatic N) is 1. The van der Waals surface area contributed by atoms with Crippen molar-refractivity contribution in [1.29, 1.82) is 0 Å². The summed E-state index contributed by atoms with van der Waals surface area (Å²) < 4.78 is 0. The molecule has 0 saturated heterocycles. The lowest BCUT2D eigenvalue weighted by atomic mass is 10.1. The molecule has 0 aliphatic heterocycles. The number of nitrogens with one attached hydrogen (secondary N) is 3. The fourth-order valence-corrected chi connectivity index (χ4v) is 1.93. The van der Waals surface area contributed by atoms with Gasteiger partial charge in [0.05, 0.1) is 19.1 Å². The summed E-state index contributed by atoms with van der Waals surface area (Å²) in [5.74, 6) is -3.29. The maximum Gasteiger partial charge on any atom is 0.326 e. The quantitative estimate of drug-likeness (QED) is 0.103. The summed E-state index contributed by atoms with van der Waals surface area (Å²) in [4.78, 5) is 49.9. The van der Waals surface area contributed by atoms with E-state index < -0.39 is 42.3 Å². The molecule has 0 saturated carbocycles. The molecule has 12 nitrogen and oxygen atoms in total. The van der Waals surface area contributed by atoms with E-state index in [1.165, 1.54) is 0 Å². The Morgan fingerprint density at radius 3 is 2.15 bits per heavy atom. The Hall–Kier alpha value is -2.89. The normalized spacial score (nSPS) is 12.6. The zero-order valence-electron chi connectivity index (χ0n) is 15.5. The lowest BCUT2D eigenvalue weighted by Crippen LogP contribution is -2.49. The van der Waals surface area contributed by atoms with E-state index in [1.807, 2.05) is 0 Å². The third kappa shape index (κ3) is 11.4. The number of amides is 3. The third-order valence-electron chi connectivity index (χ3n) is 3.42. The van der Waals surface area contributed by atoms with Gasteiger partial charge in [-0.3, -0.25) is 19.4 Å². The molecule has 0 bridgehead atoms. The molecule has 0 rings (SSSR count). The summed E-state index contributed by atoms with van der Waals surface area (Å²) in [5, 5.41) is 15.9. The summed E-state index contributed by atoms with van der Waals surface area (Å²) >= 11 is 0. The number of hydrogen-bond acceptors (Lipinski definition) is 6. The van der Waals surface area contributed by atoms with Crippen LogP contribution < -0.4 is 33.2 Å². The van der Waals surface area contributed by atoms with E-state index in [9.17, 15) is 19.2 Å². The number of carboxylic acids is 1. The molecule has 0 unspecified atom stereocenters. The van der Waals surface area contributed by atoms with Crippen LogP contribution in [0.2, 0.25) is 0 Å². The average Bonchev–Trinajstić information content (AvgIpc) is 2.58. The molecule has 0 aliphatic carbocycles. The Morgan fingerprint density at radius 2 is 1.63 bits per heavy atom. The van der Waals surface area contributed by atoms with Gasteiger partial charge in [-0.15, -0.1) is 0 Å². The van der Waals surface area contributed by atoms with Crippen LogP contribution in [-0.2, 0) is 19.2 Å². The van der Waals surface area contributed by atoms with Crippen LogP contribution in [0.4, 0.5) is 0 Å². The summed E-state index contributed by atoms with van der Waals surface area (Å²) in [7, 11) is 0. The standard InChI is InChI=1S/C15H29N7O5/c1-8(2)12(14(26)27)22-11(24)7-20-10(23)6-21-13(25)9(16)4-3-5-19-15(17)18/h8-9,12H,3-7,16H2,1-2H3,(H,20,23)(H,21,25)(H,22,24)(H,26,27)(H4,17,18,19)/t9-,12-/m0/s1. The Bertz CT molecular complexity index is 561. The molecule has 0 spiro atoms. The van der Waals surface area contributed by atoms with Crippen molar-refractivity contribution in [3.63, 3.8) is 0 Å². The van der Waals surface area contributed by atoms with Crippen molar-refractivity contribution in [1.82, 2.24) is 16.0 Å². The van der Waals surface area contributed by atoms with Gasteiger partial charge in [0.25, 0.3) is 0 Å². The van der Waals surface area contributed by atoms with Crippen LogP contribution in [0, 0.1) is 5.92 Å². The highest BCUT2D eigenvalue weighted by molar-refractivity contribution is 5.90. The summed E-state index contributed by atoms with van der Waals surface area (Å²) in [6, 6.07) is -1.87. The number of aliphatic imine (C=N–C) groups is 1. The lowest BCUT2D eigenvalue weighted by Gasteiger charge is -2.18. The van der Waals surface area contributed by atoms with Gasteiger partial charge in [0.1, 0.15) is 6.04 Å². The van der Waals surface area contributed by atoms with Gasteiger partial charge in [-0.2, -0.15) is 0 Å². The minimum atomic E-state index is -1.16. The molecule has 3 amide bonds. The van der Waals surface area contributed by atoms with E-state index in [0.717, 1.165) is 0 Å². The number of nitrogens with two attached hydrogens (primary N) is 3. The molecule has 12 heteroatoms. The van der Waals surface area contributed by atoms with Gasteiger partial charge >= 0.3 is 5.97 Å². The lowest BCUT2D eigenvalue weighted by molar-refractivity contribution is -0.143. The average molecular weight is 387 g/mol. The van der Waals surface area contributed by atoms with Crippen molar-refractivity contribution in [3.8, 4) is 0 Å². The second-order valence-electron chi connectivity index (χ2n) is 6.18. The molecule has 0 radical (unpaired) electrons. The zero-order chi connectivity index (χ0) is 21.0. The highest BCUT2D eigenvalue weighted by atomic mass is 16.4. The maximum atomic E-state index is 11.8. The minimum absolute atomic E-state index is 0.0446. The summed E-state index contributed by atoms with van der Waals surface area (Å²) in [6.07, 6.45) is 0.831. The van der Waals surface area contributed by atoms with Gasteiger partial charge in [0, 0.05) is 6.54 Å². The van der Waals surface area contributed by atoms with E-state index in [4.69, 9.17) is 22.3 Å². The van der Waals surface area contributed by atoms with Gasteiger partial charge < -0.3 is 38.3 Å². The van der Waals surface area contributed by atoms with Crippen molar-refractivity contribution in [2.45, 2.75) is 38.8 Å². The molecule has 0 aromatic rings. The van der Waals surface area contributed by atoms with Gasteiger partial charge in [0.15, 0.2) is 5.96 Å². The second-order valence-corrected chi connectivity index (χ2v) is 6.18. The highest BCUT2D eigenvalue weighted by Crippen LogP contribution is 2.01. The van der Waals surface area contributed by atoms with Gasteiger partial charge in [0.2, 0.25) is 17.7 Å². The molecular weight excluding hydrogens is 358 g/mol. The van der Waals surface area contributed by atoms with Crippen molar-refractivity contribution >= 4 is 29.7 Å². The number of carbonyl (C=O) groups is 4. The first-order valence-corrected chi connectivity index (χ1v) is 8.42. The van der Waals surface area contributed by atoms with Crippen molar-refractivity contribution in [2.75, 3.05) is 19.6 Å². The first-order chi connectivity index (χ1) is 12.5. The van der Waals surface area contributed by atoms with Crippen molar-refractivity contribution < 1.29 is 24.3 Å². The predicted molar refractivity (Wildman–Crippen MR) is 98.3 cm³/mol. The van der Waals surface area contributed by atoms with Crippen LogP contribution >= 0.6 is 0 Å². The van der Waals surface area contributed by atoms with Crippen LogP contribution in [-0.4, -0.2) is 66.5 Å². The van der Waals surface area contributed by atoms with Crippen LogP contribution in [0.1, 0.15) is 26.7 Å². The number of carboxylic acid groups (broad SMARTS) is 1. The molecule has 154 valence electrons. The highest BCUT2D eigenvalue weighted by Gasteiger charge is 2.23. The first-order valence-electron chi connectivity index (χ1n) is 8.42. The first kappa shape index (κ1) is 24.1. The molecular formula is C15H29N7O5. The zero-order valence-corrected chi connectivity index (χ0v) is 15.5. The Labute approximate surface area is 157 Å². The monoisotopic (exact) mass is 387 g/mol. The predicted octanol–water partition coefficient (Wildman–Crippen LogP) is -3.17. The van der Waals surface area contributed by atoms with E-state index >= 15 is 0 Å². The van der Waals surface area contributed by atoms with E-state index in [1.54, 1.807) is 13.8 Å². The largest absolute Gasteiger partial charge is 0.480 e. The van der Waals surface area contributed by atoms with E-state index in [0.29, 0.717) is 19.4 Å². The van der Waals surface area contributed by atoms with Crippen molar-refractivity contribution in [2.24, 2.45) is 28.1 Å². The van der Waals surface area contributed by atoms with Gasteiger partial charge in [-0.05, 0) is 18.8 Å². The maximum absolute atomic E-state index is 11.8. The topological polar surface area (TPSA) is 215 Å². The van der Waals surface area contributed by atoms with E-state index in [-0.39, 0.29) is 18.4 Å². The van der Waals surface area contributed by atoms with Gasteiger partial charge in [-0.1, -0.05) is 13.8 Å². The van der Waals surface area contributed by atoms with Crippen LogP contribution in [0.25, 0.3) is 0 Å². The molecule has 10 N–H and O–H groups in total. The molecule has 0 aromatic carbocycles. The molecule has 0 aromatic heterocycles. The number of rotatable bonds is 12. The fourth-order valence-electron chi connectivity index (χ4n) is 1.93. The number of hydrogen-bond donors (Lipinski definition) is 7. The Kier molecular flexibility index (Phi) is 11.1. The summed E-state index contributed by atoms with van der Waals surface area (Å²) in [5.41, 5.74) is 16.0. The number of aliphatic carboxylic acids is 1. The fraction of sp³-hybridized carbons (Fsp3) is 0.667. The smallest absolute Gasteiger partial charge is 0.326 e. The van der Waals surface area contributed by atoms with Crippen LogP contribution in [0.15, 0.2) is 4.99 Å². The molecule has 2 atom stereocenters. The Morgan fingerprint density at radius 1 is 1.04 bits per heavy atom. The SMILES string of the molecule is CC(C)[C@H](NC(=O)CNC(=O)CNC(=O)[C@@H](N)CCCN=C(N)N)C(=O)O. The molecule has 0 fully saturated rings. The second kappa shape index (κ2) is 12.5. The molecule has 27 heavy (non-hydrogen) atoms. The number of carbonyl (C=O) groups excluding carboxylic acids is 3. The Balaban J connectivity index is 4.11. The number of guanidine groups is 1. The van der Waals surface area contributed by atoms with Gasteiger partial charge in [-0.25, -0.2) is 4.79 Å². The van der Waals surface area contributed by atoms with Crippen LogP contribution in [0.5, 0.6) is 0 Å². The minimum Gasteiger partial charge on any atom is -0.480 e.